The van der Waals surface area contributed by atoms with Crippen LogP contribution in [0, 0.1) is 11.3 Å². The molecule has 0 aliphatic carbocycles. The zero-order valence-corrected chi connectivity index (χ0v) is 36.1. The Morgan fingerprint density at radius 1 is 0.453 bits per heavy atom. The molecule has 0 aliphatic heterocycles. The van der Waals surface area contributed by atoms with Crippen LogP contribution in [-0.4, -0.2) is 68.2 Å². The molecular formula is C47H94N4O2. The summed E-state index contributed by atoms with van der Waals surface area (Å²) in [5.74, 6) is -0.00389. The van der Waals surface area contributed by atoms with Gasteiger partial charge in [-0.3, -0.25) is 4.79 Å². The minimum Gasteiger partial charge on any atom is -0.466 e. The van der Waals surface area contributed by atoms with Crippen molar-refractivity contribution in [2.75, 3.05) is 52.4 Å². The Morgan fingerprint density at radius 3 is 1.13 bits per heavy atom. The van der Waals surface area contributed by atoms with Crippen molar-refractivity contribution in [2.24, 2.45) is 5.73 Å². The molecule has 0 heterocycles. The molecule has 0 bridgehead atoms. The third-order valence-corrected chi connectivity index (χ3v) is 11.1. The highest BCUT2D eigenvalue weighted by Gasteiger charge is 2.07. The van der Waals surface area contributed by atoms with Crippen LogP contribution < -0.4 is 5.73 Å². The molecule has 0 aromatic carbocycles. The third-order valence-electron chi connectivity index (χ3n) is 11.1. The first-order valence-electron chi connectivity index (χ1n) is 23.8. The highest BCUT2D eigenvalue weighted by Crippen LogP contribution is 2.14. The second kappa shape index (κ2) is 45.2. The maximum atomic E-state index is 12.1. The van der Waals surface area contributed by atoms with Gasteiger partial charge in [0.15, 0.2) is 0 Å². The van der Waals surface area contributed by atoms with E-state index in [-0.39, 0.29) is 5.97 Å². The maximum Gasteiger partial charge on any atom is 0.305 e. The molecule has 0 aliphatic rings. The van der Waals surface area contributed by atoms with E-state index in [2.05, 4.69) is 29.7 Å². The smallest absolute Gasteiger partial charge is 0.305 e. The van der Waals surface area contributed by atoms with E-state index in [0.717, 1.165) is 52.0 Å². The molecule has 0 amide bonds. The van der Waals surface area contributed by atoms with Gasteiger partial charge in [0.25, 0.3) is 0 Å². The lowest BCUT2D eigenvalue weighted by atomic mass is 10.1. The van der Waals surface area contributed by atoms with Crippen molar-refractivity contribution < 1.29 is 9.53 Å². The number of rotatable bonds is 45. The summed E-state index contributed by atoms with van der Waals surface area (Å²) in [6.07, 6.45) is 44.5. The fourth-order valence-electron chi connectivity index (χ4n) is 7.60. The van der Waals surface area contributed by atoms with Crippen molar-refractivity contribution in [1.29, 1.82) is 5.26 Å². The summed E-state index contributed by atoms with van der Waals surface area (Å²) in [4.78, 5) is 17.3. The lowest BCUT2D eigenvalue weighted by Crippen LogP contribution is -2.31. The van der Waals surface area contributed by atoms with Gasteiger partial charge in [-0.1, -0.05) is 187 Å². The van der Waals surface area contributed by atoms with Gasteiger partial charge in [0, 0.05) is 32.5 Å². The van der Waals surface area contributed by atoms with Gasteiger partial charge in [-0.2, -0.15) is 5.26 Å². The van der Waals surface area contributed by atoms with Gasteiger partial charge in [0.05, 0.1) is 12.7 Å². The van der Waals surface area contributed by atoms with Crippen molar-refractivity contribution in [2.45, 2.75) is 239 Å². The predicted octanol–water partition coefficient (Wildman–Crippen LogP) is 13.3. The minimum atomic E-state index is -0.00389. The number of unbranched alkanes of at least 4 members (excludes halogenated alkanes) is 29. The van der Waals surface area contributed by atoms with Crippen LogP contribution in [0.4, 0.5) is 0 Å². The molecule has 0 rings (SSSR count). The third kappa shape index (κ3) is 41.8. The van der Waals surface area contributed by atoms with Crippen molar-refractivity contribution in [1.82, 2.24) is 9.80 Å². The van der Waals surface area contributed by atoms with Crippen LogP contribution in [0.15, 0.2) is 0 Å². The first-order valence-corrected chi connectivity index (χ1v) is 23.8. The molecule has 0 saturated heterocycles. The molecule has 0 aromatic heterocycles. The molecule has 0 fully saturated rings. The van der Waals surface area contributed by atoms with E-state index in [1.54, 1.807) is 0 Å². The number of esters is 1. The first-order chi connectivity index (χ1) is 26.2. The topological polar surface area (TPSA) is 82.6 Å². The van der Waals surface area contributed by atoms with E-state index in [9.17, 15) is 4.79 Å². The van der Waals surface area contributed by atoms with Crippen molar-refractivity contribution in [3.63, 3.8) is 0 Å². The summed E-state index contributed by atoms with van der Waals surface area (Å²) in [5, 5.41) is 9.04. The van der Waals surface area contributed by atoms with E-state index in [0.29, 0.717) is 19.4 Å². The normalized spacial score (nSPS) is 11.5. The second-order valence-electron chi connectivity index (χ2n) is 16.3. The average molecular weight is 747 g/mol. The molecule has 0 unspecified atom stereocenters. The summed E-state index contributed by atoms with van der Waals surface area (Å²) in [6.45, 7) is 12.7. The van der Waals surface area contributed by atoms with E-state index in [4.69, 9.17) is 15.7 Å². The number of hydrogen-bond donors (Lipinski definition) is 1. The Bertz CT molecular complexity index is 757. The molecule has 6 nitrogen and oxygen atoms in total. The zero-order valence-electron chi connectivity index (χ0n) is 36.1. The number of carbonyl (C=O) groups is 1. The monoisotopic (exact) mass is 747 g/mol. The largest absolute Gasteiger partial charge is 0.466 e. The standard InChI is InChI=1S/C47H94N4O2/c1-3-5-7-9-11-13-14-20-27-33-42-51(45-39-49)43-34-28-21-15-16-23-29-35-46-53-47(52)37-30-24-18-17-22-26-32-41-50(44-36-38-48)40-31-25-19-12-10-8-6-4-2/h3-37,39-46,49H2,1-2H3. The molecule has 314 valence electrons. The van der Waals surface area contributed by atoms with Crippen molar-refractivity contribution in [3.05, 3.63) is 0 Å². The number of carbonyl (C=O) groups excluding carboxylic acids is 1. The van der Waals surface area contributed by atoms with Crippen LogP contribution in [0.2, 0.25) is 0 Å². The van der Waals surface area contributed by atoms with Gasteiger partial charge in [0.1, 0.15) is 0 Å². The first kappa shape index (κ1) is 51.8. The maximum absolute atomic E-state index is 12.1. The zero-order chi connectivity index (χ0) is 38.6. The average Bonchev–Trinajstić information content (AvgIpc) is 3.16. The van der Waals surface area contributed by atoms with Crippen molar-refractivity contribution >= 4 is 5.97 Å². The lowest BCUT2D eigenvalue weighted by Gasteiger charge is -2.21. The molecular weight excluding hydrogens is 653 g/mol. The molecule has 0 aromatic rings. The molecule has 0 spiro atoms. The lowest BCUT2D eigenvalue weighted by molar-refractivity contribution is -0.143. The predicted molar refractivity (Wildman–Crippen MR) is 231 cm³/mol. The molecule has 6 heteroatoms. The summed E-state index contributed by atoms with van der Waals surface area (Å²) < 4.78 is 5.51. The van der Waals surface area contributed by atoms with Gasteiger partial charge in [0.2, 0.25) is 0 Å². The van der Waals surface area contributed by atoms with Crippen molar-refractivity contribution in [3.8, 4) is 6.07 Å². The van der Waals surface area contributed by atoms with Crippen LogP contribution in [-0.2, 0) is 9.53 Å². The van der Waals surface area contributed by atoms with Gasteiger partial charge < -0.3 is 20.3 Å². The minimum absolute atomic E-state index is 0.00389. The van der Waals surface area contributed by atoms with Gasteiger partial charge in [-0.25, -0.2) is 0 Å². The quantitative estimate of drug-likeness (QED) is 0.0493. The number of nitrogens with zero attached hydrogens (tertiary/aromatic N) is 3. The second-order valence-corrected chi connectivity index (χ2v) is 16.3. The number of nitrogens with two attached hydrogens (primary N) is 1. The number of ether oxygens (including phenoxy) is 1. The van der Waals surface area contributed by atoms with E-state index in [1.165, 1.54) is 206 Å². The van der Waals surface area contributed by atoms with E-state index in [1.807, 2.05) is 0 Å². The molecule has 0 atom stereocenters. The molecule has 0 radical (unpaired) electrons. The van der Waals surface area contributed by atoms with Crippen LogP contribution in [0.5, 0.6) is 0 Å². The summed E-state index contributed by atoms with van der Waals surface area (Å²) in [5.41, 5.74) is 5.90. The Hall–Kier alpha value is -1.16. The van der Waals surface area contributed by atoms with E-state index < -0.39 is 0 Å². The van der Waals surface area contributed by atoms with Crippen LogP contribution in [0.1, 0.15) is 239 Å². The van der Waals surface area contributed by atoms with Crippen LogP contribution in [0.3, 0.4) is 0 Å². The highest BCUT2D eigenvalue weighted by atomic mass is 16.5. The Balaban J connectivity index is 3.56. The fourth-order valence-corrected chi connectivity index (χ4v) is 7.60. The SMILES string of the molecule is CCCCCCCCCCCCN(CCN)CCCCCCCCCCOC(=O)CCCCCCCCCN(CCC#N)CCCCCCCCCC. The Labute approximate surface area is 332 Å². The van der Waals surface area contributed by atoms with E-state index >= 15 is 0 Å². The van der Waals surface area contributed by atoms with Crippen LogP contribution in [0.25, 0.3) is 0 Å². The molecule has 0 saturated carbocycles. The number of nitriles is 1. The van der Waals surface area contributed by atoms with Gasteiger partial charge >= 0.3 is 5.97 Å². The summed E-state index contributed by atoms with van der Waals surface area (Å²) >= 11 is 0. The summed E-state index contributed by atoms with van der Waals surface area (Å²) in [7, 11) is 0. The van der Waals surface area contributed by atoms with Gasteiger partial charge in [-0.05, 0) is 64.7 Å². The Kier molecular flexibility index (Phi) is 44.2. The fraction of sp³-hybridized carbons (Fsp3) is 0.957. The number of hydrogen-bond acceptors (Lipinski definition) is 6. The summed E-state index contributed by atoms with van der Waals surface area (Å²) in [6, 6.07) is 2.33. The molecule has 2 N–H and O–H groups in total. The van der Waals surface area contributed by atoms with Crippen LogP contribution >= 0.6 is 0 Å². The molecule has 53 heavy (non-hydrogen) atoms. The Morgan fingerprint density at radius 2 is 0.774 bits per heavy atom. The van der Waals surface area contributed by atoms with Gasteiger partial charge in [-0.15, -0.1) is 0 Å². The highest BCUT2D eigenvalue weighted by molar-refractivity contribution is 5.69.